The van der Waals surface area contributed by atoms with E-state index >= 15 is 0 Å². The zero-order chi connectivity index (χ0) is 13.8. The monoisotopic (exact) mass is 273 g/mol. The predicted molar refractivity (Wildman–Crippen MR) is 73.8 cm³/mol. The Morgan fingerprint density at radius 3 is 2.90 bits per heavy atom. The van der Waals surface area contributed by atoms with Gasteiger partial charge in [-0.05, 0) is 25.8 Å². The maximum absolute atomic E-state index is 5.34. The average Bonchev–Trinajstić information content (AvgIpc) is 3.17. The normalized spacial score (nSPS) is 17.4. The van der Waals surface area contributed by atoms with Crippen LogP contribution in [-0.4, -0.2) is 33.2 Å². The predicted octanol–water partition coefficient (Wildman–Crippen LogP) is 1.85. The molecule has 6 nitrogen and oxygen atoms in total. The average molecular weight is 273 g/mol. The van der Waals surface area contributed by atoms with Crippen molar-refractivity contribution in [1.82, 2.24) is 25.4 Å². The molecule has 0 spiro atoms. The Morgan fingerprint density at radius 2 is 2.20 bits per heavy atom. The molecular formula is C14H19N5O. The zero-order valence-corrected chi connectivity index (χ0v) is 11.6. The molecule has 0 aromatic carbocycles. The fourth-order valence-corrected chi connectivity index (χ4v) is 2.91. The smallest absolute Gasteiger partial charge is 0.228 e. The van der Waals surface area contributed by atoms with Crippen molar-refractivity contribution in [2.75, 3.05) is 7.05 Å². The summed E-state index contributed by atoms with van der Waals surface area (Å²) in [5.74, 6) is 1.89. The molecule has 1 fully saturated rings. The van der Waals surface area contributed by atoms with Gasteiger partial charge in [-0.1, -0.05) is 18.0 Å². The fraction of sp³-hybridized carbons (Fsp3) is 0.571. The summed E-state index contributed by atoms with van der Waals surface area (Å²) in [6, 6.07) is 0.410. The first-order valence-corrected chi connectivity index (χ1v) is 7.13. The van der Waals surface area contributed by atoms with Gasteiger partial charge >= 0.3 is 0 Å². The second-order valence-corrected chi connectivity index (χ2v) is 5.25. The number of nitrogens with zero attached hydrogens (tertiary/aromatic N) is 4. The summed E-state index contributed by atoms with van der Waals surface area (Å²) in [5.41, 5.74) is 0.643. The minimum Gasteiger partial charge on any atom is -0.339 e. The van der Waals surface area contributed by atoms with E-state index in [0.717, 1.165) is 6.42 Å². The van der Waals surface area contributed by atoms with E-state index in [-0.39, 0.29) is 0 Å². The van der Waals surface area contributed by atoms with Crippen LogP contribution in [0.5, 0.6) is 0 Å². The van der Waals surface area contributed by atoms with Crippen LogP contribution in [0.4, 0.5) is 0 Å². The van der Waals surface area contributed by atoms with Crippen molar-refractivity contribution in [3.63, 3.8) is 0 Å². The van der Waals surface area contributed by atoms with Gasteiger partial charge < -0.3 is 9.84 Å². The van der Waals surface area contributed by atoms with Crippen molar-refractivity contribution in [3.8, 4) is 11.5 Å². The number of aromatic nitrogens is 4. The van der Waals surface area contributed by atoms with Crippen molar-refractivity contribution >= 4 is 0 Å². The number of likely N-dealkylation sites (N-methyl/N-ethyl adjacent to an activating group) is 1. The largest absolute Gasteiger partial charge is 0.339 e. The third-order valence-electron chi connectivity index (χ3n) is 3.99. The summed E-state index contributed by atoms with van der Waals surface area (Å²) in [6.45, 7) is 0. The molecule has 1 atom stereocenters. The van der Waals surface area contributed by atoms with Gasteiger partial charge in [0.05, 0.1) is 6.20 Å². The molecule has 0 aliphatic heterocycles. The van der Waals surface area contributed by atoms with Gasteiger partial charge in [0.2, 0.25) is 11.7 Å². The molecule has 20 heavy (non-hydrogen) atoms. The Balaban J connectivity index is 1.70. The van der Waals surface area contributed by atoms with E-state index in [1.54, 1.807) is 18.6 Å². The molecule has 2 heterocycles. The number of hydrogen-bond donors (Lipinski definition) is 1. The Morgan fingerprint density at radius 1 is 1.35 bits per heavy atom. The summed E-state index contributed by atoms with van der Waals surface area (Å²) >= 11 is 0. The summed E-state index contributed by atoms with van der Waals surface area (Å²) in [4.78, 5) is 12.6. The first-order chi connectivity index (χ1) is 9.86. The molecule has 2 aromatic heterocycles. The van der Waals surface area contributed by atoms with Crippen LogP contribution >= 0.6 is 0 Å². The van der Waals surface area contributed by atoms with Crippen LogP contribution in [-0.2, 0) is 6.42 Å². The Kier molecular flexibility index (Phi) is 4.01. The van der Waals surface area contributed by atoms with Crippen LogP contribution in [0, 0.1) is 5.92 Å². The molecule has 106 valence electrons. The topological polar surface area (TPSA) is 76.7 Å². The van der Waals surface area contributed by atoms with Gasteiger partial charge in [-0.2, -0.15) is 4.98 Å². The lowest BCUT2D eigenvalue weighted by atomic mass is 9.95. The third-order valence-corrected chi connectivity index (χ3v) is 3.99. The molecule has 1 unspecified atom stereocenters. The van der Waals surface area contributed by atoms with Crippen LogP contribution < -0.4 is 5.32 Å². The molecule has 0 saturated heterocycles. The highest BCUT2D eigenvalue weighted by atomic mass is 16.5. The second kappa shape index (κ2) is 6.09. The zero-order valence-electron chi connectivity index (χ0n) is 11.6. The number of nitrogens with one attached hydrogen (secondary N) is 1. The molecule has 0 amide bonds. The molecule has 6 heteroatoms. The standard InChI is InChI=1S/C14H19N5O/c1-15-11(10-4-2-3-5-10)8-13-18-14(19-20-13)12-9-16-6-7-17-12/h6-7,9-11,15H,2-5,8H2,1H3. The Labute approximate surface area is 118 Å². The van der Waals surface area contributed by atoms with E-state index < -0.39 is 0 Å². The molecule has 0 bridgehead atoms. The number of rotatable bonds is 5. The van der Waals surface area contributed by atoms with E-state index in [4.69, 9.17) is 4.52 Å². The van der Waals surface area contributed by atoms with Crippen molar-refractivity contribution in [1.29, 1.82) is 0 Å². The summed E-state index contributed by atoms with van der Waals surface area (Å²) in [6.07, 6.45) is 10.9. The lowest BCUT2D eigenvalue weighted by Crippen LogP contribution is -2.34. The van der Waals surface area contributed by atoms with E-state index in [1.807, 2.05) is 7.05 Å². The molecule has 1 saturated carbocycles. The Hall–Kier alpha value is -1.82. The minimum absolute atomic E-state index is 0.410. The maximum Gasteiger partial charge on any atom is 0.228 e. The van der Waals surface area contributed by atoms with Gasteiger partial charge in [-0.3, -0.25) is 4.98 Å². The van der Waals surface area contributed by atoms with E-state index in [1.165, 1.54) is 25.7 Å². The van der Waals surface area contributed by atoms with Crippen molar-refractivity contribution in [3.05, 3.63) is 24.5 Å². The van der Waals surface area contributed by atoms with Crippen LogP contribution in [0.2, 0.25) is 0 Å². The second-order valence-electron chi connectivity index (χ2n) is 5.25. The van der Waals surface area contributed by atoms with Gasteiger partial charge in [-0.15, -0.1) is 0 Å². The molecule has 3 rings (SSSR count). The van der Waals surface area contributed by atoms with Gasteiger partial charge in [0.15, 0.2) is 0 Å². The third kappa shape index (κ3) is 2.85. The highest BCUT2D eigenvalue weighted by Gasteiger charge is 2.25. The Bertz CT molecular complexity index is 536. The van der Waals surface area contributed by atoms with Gasteiger partial charge in [0.1, 0.15) is 5.69 Å². The van der Waals surface area contributed by atoms with Crippen LogP contribution in [0.1, 0.15) is 31.6 Å². The van der Waals surface area contributed by atoms with E-state index in [0.29, 0.717) is 29.4 Å². The SMILES string of the molecule is CNC(Cc1nc(-c2cnccn2)no1)C1CCCC1. The van der Waals surface area contributed by atoms with Crippen LogP contribution in [0.15, 0.2) is 23.1 Å². The molecular weight excluding hydrogens is 254 g/mol. The summed E-state index contributed by atoms with van der Waals surface area (Å²) in [5, 5.41) is 7.37. The lowest BCUT2D eigenvalue weighted by molar-refractivity contribution is 0.318. The maximum atomic E-state index is 5.34. The van der Waals surface area contributed by atoms with Gasteiger partial charge in [0, 0.05) is 24.9 Å². The fourth-order valence-electron chi connectivity index (χ4n) is 2.91. The first-order valence-electron chi connectivity index (χ1n) is 7.13. The van der Waals surface area contributed by atoms with Crippen molar-refractivity contribution in [2.24, 2.45) is 5.92 Å². The molecule has 1 aliphatic rings. The van der Waals surface area contributed by atoms with Crippen molar-refractivity contribution in [2.45, 2.75) is 38.1 Å². The molecule has 2 aromatic rings. The molecule has 1 N–H and O–H groups in total. The lowest BCUT2D eigenvalue weighted by Gasteiger charge is -2.20. The highest BCUT2D eigenvalue weighted by Crippen LogP contribution is 2.29. The van der Waals surface area contributed by atoms with E-state index in [2.05, 4.69) is 25.4 Å². The minimum atomic E-state index is 0.410. The summed E-state index contributed by atoms with van der Waals surface area (Å²) in [7, 11) is 2.00. The van der Waals surface area contributed by atoms with Crippen molar-refractivity contribution < 1.29 is 4.52 Å². The summed E-state index contributed by atoms with van der Waals surface area (Å²) < 4.78 is 5.34. The molecule has 1 aliphatic carbocycles. The van der Waals surface area contributed by atoms with Gasteiger partial charge in [-0.25, -0.2) is 4.98 Å². The quantitative estimate of drug-likeness (QED) is 0.895. The molecule has 0 radical (unpaired) electrons. The van der Waals surface area contributed by atoms with Crippen LogP contribution in [0.25, 0.3) is 11.5 Å². The number of hydrogen-bond acceptors (Lipinski definition) is 6. The van der Waals surface area contributed by atoms with Gasteiger partial charge in [0.25, 0.3) is 0 Å². The van der Waals surface area contributed by atoms with Crippen LogP contribution in [0.3, 0.4) is 0 Å². The first kappa shape index (κ1) is 13.2. The highest BCUT2D eigenvalue weighted by molar-refractivity contribution is 5.45. The van der Waals surface area contributed by atoms with E-state index in [9.17, 15) is 0 Å².